The molecule has 0 amide bonds. The summed E-state index contributed by atoms with van der Waals surface area (Å²) in [6.07, 6.45) is 0. The lowest BCUT2D eigenvalue weighted by Gasteiger charge is -2.36. The van der Waals surface area contributed by atoms with E-state index in [9.17, 15) is 18.5 Å². The molecular formula is C11H14N2O5S. The molecule has 1 fully saturated rings. The number of aryl methyl sites for hydroxylation is 1. The smallest absolute Gasteiger partial charge is 0.289 e. The number of nitro groups is 1. The Bertz CT molecular complexity index is 608. The predicted octanol–water partition coefficient (Wildman–Crippen LogP) is 0.516. The Labute approximate surface area is 110 Å². The molecule has 1 aliphatic heterocycles. The number of hydrogen-bond donors (Lipinski definition) is 1. The average Bonchev–Trinajstić information content (AvgIpc) is 2.26. The van der Waals surface area contributed by atoms with Gasteiger partial charge < -0.3 is 5.11 Å². The molecule has 7 nitrogen and oxygen atoms in total. The van der Waals surface area contributed by atoms with Crippen molar-refractivity contribution in [3.63, 3.8) is 0 Å². The van der Waals surface area contributed by atoms with Gasteiger partial charge >= 0.3 is 0 Å². The first-order valence-electron chi connectivity index (χ1n) is 5.73. The monoisotopic (exact) mass is 286 g/mol. The summed E-state index contributed by atoms with van der Waals surface area (Å²) in [5, 5.41) is 19.9. The molecule has 0 radical (unpaired) electrons. The maximum Gasteiger partial charge on any atom is 0.289 e. The maximum atomic E-state index is 12.4. The van der Waals surface area contributed by atoms with Crippen LogP contribution >= 0.6 is 0 Å². The van der Waals surface area contributed by atoms with Crippen LogP contribution in [0.1, 0.15) is 5.56 Å². The van der Waals surface area contributed by atoms with Crippen molar-refractivity contribution in [1.29, 1.82) is 0 Å². The lowest BCUT2D eigenvalue weighted by Crippen LogP contribution is -2.51. The first kappa shape index (κ1) is 13.9. The molecule has 2 rings (SSSR count). The fourth-order valence-corrected chi connectivity index (χ4v) is 4.03. The molecule has 0 aliphatic carbocycles. The van der Waals surface area contributed by atoms with E-state index in [-0.39, 0.29) is 30.5 Å². The molecule has 104 valence electrons. The van der Waals surface area contributed by atoms with Crippen molar-refractivity contribution < 1.29 is 18.4 Å². The maximum absolute atomic E-state index is 12.4. The number of nitrogens with zero attached hydrogens (tertiary/aromatic N) is 2. The third kappa shape index (κ3) is 2.34. The zero-order chi connectivity index (χ0) is 14.2. The van der Waals surface area contributed by atoms with Crippen LogP contribution in [0, 0.1) is 23.0 Å². The summed E-state index contributed by atoms with van der Waals surface area (Å²) in [6, 6.07) is 4.17. The van der Waals surface area contributed by atoms with Gasteiger partial charge in [-0.2, -0.15) is 4.31 Å². The Balaban J connectivity index is 2.44. The van der Waals surface area contributed by atoms with Gasteiger partial charge in [-0.25, -0.2) is 8.42 Å². The minimum absolute atomic E-state index is 0.0815. The zero-order valence-electron chi connectivity index (χ0n) is 10.3. The van der Waals surface area contributed by atoms with E-state index in [2.05, 4.69) is 0 Å². The highest BCUT2D eigenvalue weighted by atomic mass is 32.2. The Hall–Kier alpha value is -1.51. The van der Waals surface area contributed by atoms with Gasteiger partial charge in [0.05, 0.1) is 4.92 Å². The highest BCUT2D eigenvalue weighted by molar-refractivity contribution is 7.89. The van der Waals surface area contributed by atoms with Crippen LogP contribution in [-0.4, -0.2) is 42.4 Å². The molecule has 0 saturated carbocycles. The van der Waals surface area contributed by atoms with Gasteiger partial charge in [0.1, 0.15) is 0 Å². The van der Waals surface area contributed by atoms with Crippen molar-refractivity contribution in [3.05, 3.63) is 33.9 Å². The molecule has 8 heteroatoms. The van der Waals surface area contributed by atoms with Crippen molar-refractivity contribution in [1.82, 2.24) is 4.31 Å². The molecule has 0 spiro atoms. The van der Waals surface area contributed by atoms with Gasteiger partial charge in [0.2, 0.25) is 10.0 Å². The Kier molecular flexibility index (Phi) is 3.57. The second-order valence-corrected chi connectivity index (χ2v) is 6.43. The molecule has 1 aromatic carbocycles. The summed E-state index contributed by atoms with van der Waals surface area (Å²) < 4.78 is 25.9. The molecular weight excluding hydrogens is 272 g/mol. The highest BCUT2D eigenvalue weighted by Gasteiger charge is 2.40. The standard InChI is InChI=1S/C11H14N2O5S/c1-8-3-2-4-10(13(15)16)11(8)19(17,18)12-5-9(6-12)7-14/h2-4,9,14H,5-7H2,1H3. The van der Waals surface area contributed by atoms with E-state index in [1.807, 2.05) is 0 Å². The Morgan fingerprint density at radius 1 is 1.47 bits per heavy atom. The van der Waals surface area contributed by atoms with Crippen LogP contribution in [0.25, 0.3) is 0 Å². The molecule has 19 heavy (non-hydrogen) atoms. The number of benzene rings is 1. The fraction of sp³-hybridized carbons (Fsp3) is 0.455. The number of aliphatic hydroxyl groups excluding tert-OH is 1. The van der Waals surface area contributed by atoms with Crippen molar-refractivity contribution in [2.24, 2.45) is 5.92 Å². The van der Waals surface area contributed by atoms with Crippen molar-refractivity contribution in [3.8, 4) is 0 Å². The van der Waals surface area contributed by atoms with Crippen molar-refractivity contribution >= 4 is 15.7 Å². The largest absolute Gasteiger partial charge is 0.396 e. The highest BCUT2D eigenvalue weighted by Crippen LogP contribution is 2.32. The summed E-state index contributed by atoms with van der Waals surface area (Å²) in [6.45, 7) is 1.85. The number of nitro benzene ring substituents is 1. The second kappa shape index (κ2) is 4.87. The van der Waals surface area contributed by atoms with Crippen LogP contribution in [0.5, 0.6) is 0 Å². The summed E-state index contributed by atoms with van der Waals surface area (Å²) in [4.78, 5) is 10.0. The number of aliphatic hydroxyl groups is 1. The Morgan fingerprint density at radius 3 is 2.63 bits per heavy atom. The van der Waals surface area contributed by atoms with Crippen LogP contribution in [0.2, 0.25) is 0 Å². The third-order valence-electron chi connectivity index (χ3n) is 3.17. The van der Waals surface area contributed by atoms with Gasteiger partial charge in [-0.05, 0) is 12.5 Å². The quantitative estimate of drug-likeness (QED) is 0.642. The van der Waals surface area contributed by atoms with Crippen LogP contribution in [0.3, 0.4) is 0 Å². The lowest BCUT2D eigenvalue weighted by atomic mass is 10.1. The third-order valence-corrected chi connectivity index (χ3v) is 5.19. The van der Waals surface area contributed by atoms with Gasteiger partial charge in [-0.1, -0.05) is 12.1 Å². The van der Waals surface area contributed by atoms with Gasteiger partial charge in [0.25, 0.3) is 5.69 Å². The van der Waals surface area contributed by atoms with Crippen LogP contribution in [0.4, 0.5) is 5.69 Å². The first-order chi connectivity index (χ1) is 8.87. The van der Waals surface area contributed by atoms with Gasteiger partial charge in [-0.15, -0.1) is 0 Å². The topological polar surface area (TPSA) is 101 Å². The zero-order valence-corrected chi connectivity index (χ0v) is 11.1. The number of sulfonamides is 1. The van der Waals surface area contributed by atoms with Gasteiger partial charge in [-0.3, -0.25) is 10.1 Å². The minimum atomic E-state index is -3.87. The van der Waals surface area contributed by atoms with Crippen molar-refractivity contribution in [2.75, 3.05) is 19.7 Å². The van der Waals surface area contributed by atoms with Gasteiger partial charge in [0.15, 0.2) is 4.90 Å². The molecule has 1 aliphatic rings. The summed E-state index contributed by atoms with van der Waals surface area (Å²) >= 11 is 0. The molecule has 1 aromatic rings. The van der Waals surface area contributed by atoms with E-state index in [0.29, 0.717) is 5.56 Å². The molecule has 1 N–H and O–H groups in total. The van der Waals surface area contributed by atoms with Crippen LogP contribution < -0.4 is 0 Å². The number of rotatable bonds is 4. The van der Waals surface area contributed by atoms with E-state index >= 15 is 0 Å². The molecule has 0 aromatic heterocycles. The summed E-state index contributed by atoms with van der Waals surface area (Å²) in [7, 11) is -3.87. The molecule has 1 heterocycles. The molecule has 0 unspecified atom stereocenters. The van der Waals surface area contributed by atoms with E-state index < -0.39 is 20.6 Å². The van der Waals surface area contributed by atoms with Crippen LogP contribution in [0.15, 0.2) is 23.1 Å². The first-order valence-corrected chi connectivity index (χ1v) is 7.17. The predicted molar refractivity (Wildman–Crippen MR) is 67.2 cm³/mol. The average molecular weight is 286 g/mol. The Morgan fingerprint density at radius 2 is 2.11 bits per heavy atom. The summed E-state index contributed by atoms with van der Waals surface area (Å²) in [5.74, 6) is -0.0853. The lowest BCUT2D eigenvalue weighted by molar-refractivity contribution is -0.388. The SMILES string of the molecule is Cc1cccc([N+](=O)[O-])c1S(=O)(=O)N1CC(CO)C1. The fourth-order valence-electron chi connectivity index (χ4n) is 2.08. The normalized spacial score (nSPS) is 17.2. The molecule has 0 atom stereocenters. The van der Waals surface area contributed by atoms with Gasteiger partial charge in [0, 0.05) is 31.7 Å². The second-order valence-electron chi connectivity index (χ2n) is 4.55. The van der Waals surface area contributed by atoms with Crippen LogP contribution in [-0.2, 0) is 10.0 Å². The van der Waals surface area contributed by atoms with E-state index in [1.54, 1.807) is 0 Å². The minimum Gasteiger partial charge on any atom is -0.396 e. The van der Waals surface area contributed by atoms with E-state index in [4.69, 9.17) is 5.11 Å². The van der Waals surface area contributed by atoms with E-state index in [0.717, 1.165) is 4.31 Å². The molecule has 1 saturated heterocycles. The summed E-state index contributed by atoms with van der Waals surface area (Å²) in [5.41, 5.74) is -0.0610. The van der Waals surface area contributed by atoms with Crippen molar-refractivity contribution in [2.45, 2.75) is 11.8 Å². The number of hydrogen-bond acceptors (Lipinski definition) is 5. The molecule has 0 bridgehead atoms. The van der Waals surface area contributed by atoms with E-state index in [1.165, 1.54) is 25.1 Å².